The zero-order valence-electron chi connectivity index (χ0n) is 16.0. The number of hydrogen-bond acceptors (Lipinski definition) is 6. The molecule has 8 heteroatoms. The highest BCUT2D eigenvalue weighted by Gasteiger charge is 2.24. The fraction of sp³-hybridized carbons (Fsp3) is 0.333. The largest absolute Gasteiger partial charge is 0.452 e. The van der Waals surface area contributed by atoms with Gasteiger partial charge < -0.3 is 15.4 Å². The molecular weight excluding hydrogens is 374 g/mol. The van der Waals surface area contributed by atoms with Gasteiger partial charge in [-0.15, -0.1) is 0 Å². The number of benzene rings is 2. The Bertz CT molecular complexity index is 892. The van der Waals surface area contributed by atoms with Crippen molar-refractivity contribution in [2.24, 2.45) is 5.92 Å². The molecule has 152 valence electrons. The number of carbonyl (C=O) groups is 2. The maximum atomic E-state index is 12.4. The number of likely N-dealkylation sites (tertiary alicyclic amines) is 1. The standard InChI is InChI=1S/C21H23N3O5/c22-19-7-6-17(24(27)28)13-18(19)21(26)29-14-20(25)23-10-8-16(9-11-23)12-15-4-2-1-3-5-15/h1-7,13,16H,8-12,14,22H2. The summed E-state index contributed by atoms with van der Waals surface area (Å²) in [5.74, 6) is -0.604. The number of nitro groups is 1. The van der Waals surface area contributed by atoms with Crippen LogP contribution in [-0.2, 0) is 16.0 Å². The normalized spacial score (nSPS) is 14.4. The first-order valence-electron chi connectivity index (χ1n) is 9.47. The second-order valence-corrected chi connectivity index (χ2v) is 7.12. The first-order valence-corrected chi connectivity index (χ1v) is 9.47. The number of nitro benzene ring substituents is 1. The maximum absolute atomic E-state index is 12.4. The number of esters is 1. The summed E-state index contributed by atoms with van der Waals surface area (Å²) in [5.41, 5.74) is 6.67. The number of piperidine rings is 1. The van der Waals surface area contributed by atoms with Crippen LogP contribution in [0.4, 0.5) is 11.4 Å². The second-order valence-electron chi connectivity index (χ2n) is 7.12. The van der Waals surface area contributed by atoms with Gasteiger partial charge in [-0.2, -0.15) is 0 Å². The molecule has 1 aliphatic rings. The number of ether oxygens (including phenoxy) is 1. The van der Waals surface area contributed by atoms with Crippen molar-refractivity contribution in [3.05, 3.63) is 69.8 Å². The Morgan fingerprint density at radius 2 is 1.83 bits per heavy atom. The number of anilines is 1. The molecule has 1 fully saturated rings. The molecule has 8 nitrogen and oxygen atoms in total. The molecule has 0 saturated carbocycles. The molecule has 2 aromatic rings. The average molecular weight is 397 g/mol. The van der Waals surface area contributed by atoms with E-state index in [4.69, 9.17) is 10.5 Å². The Hall–Kier alpha value is -3.42. The third-order valence-electron chi connectivity index (χ3n) is 5.13. The lowest BCUT2D eigenvalue weighted by atomic mass is 9.90. The smallest absolute Gasteiger partial charge is 0.341 e. The summed E-state index contributed by atoms with van der Waals surface area (Å²) < 4.78 is 5.05. The molecule has 1 saturated heterocycles. The molecule has 0 radical (unpaired) electrons. The summed E-state index contributed by atoms with van der Waals surface area (Å²) in [7, 11) is 0. The first-order chi connectivity index (χ1) is 13.9. The number of amides is 1. The summed E-state index contributed by atoms with van der Waals surface area (Å²) in [5, 5.41) is 10.9. The zero-order chi connectivity index (χ0) is 20.8. The van der Waals surface area contributed by atoms with Crippen molar-refractivity contribution in [1.82, 2.24) is 4.90 Å². The molecule has 0 unspecified atom stereocenters. The summed E-state index contributed by atoms with van der Waals surface area (Å²) in [6.07, 6.45) is 2.78. The van der Waals surface area contributed by atoms with Crippen LogP contribution in [0.3, 0.4) is 0 Å². The third-order valence-corrected chi connectivity index (χ3v) is 5.13. The van der Waals surface area contributed by atoms with Crippen molar-refractivity contribution in [1.29, 1.82) is 0 Å². The van der Waals surface area contributed by atoms with E-state index < -0.39 is 17.5 Å². The molecule has 2 aromatic carbocycles. The van der Waals surface area contributed by atoms with Crippen LogP contribution in [0.5, 0.6) is 0 Å². The monoisotopic (exact) mass is 397 g/mol. The molecule has 0 bridgehead atoms. The molecule has 0 aliphatic carbocycles. The van der Waals surface area contributed by atoms with Crippen LogP contribution >= 0.6 is 0 Å². The molecule has 0 spiro atoms. The predicted octanol–water partition coefficient (Wildman–Crippen LogP) is 2.82. The predicted molar refractivity (Wildman–Crippen MR) is 107 cm³/mol. The summed E-state index contributed by atoms with van der Waals surface area (Å²) in [6.45, 7) is 0.823. The van der Waals surface area contributed by atoms with E-state index in [0.717, 1.165) is 25.3 Å². The van der Waals surface area contributed by atoms with E-state index in [1.165, 1.54) is 17.7 Å². The van der Waals surface area contributed by atoms with Gasteiger partial charge in [-0.1, -0.05) is 30.3 Å². The van der Waals surface area contributed by atoms with Crippen molar-refractivity contribution in [3.8, 4) is 0 Å². The Morgan fingerprint density at radius 1 is 1.14 bits per heavy atom. The van der Waals surface area contributed by atoms with Crippen molar-refractivity contribution < 1.29 is 19.2 Å². The fourth-order valence-corrected chi connectivity index (χ4v) is 3.46. The first kappa shape index (κ1) is 20.3. The van der Waals surface area contributed by atoms with Gasteiger partial charge in [-0.3, -0.25) is 14.9 Å². The van der Waals surface area contributed by atoms with E-state index in [-0.39, 0.29) is 22.8 Å². The number of nitrogens with two attached hydrogens (primary N) is 1. The zero-order valence-corrected chi connectivity index (χ0v) is 16.0. The minimum Gasteiger partial charge on any atom is -0.452 e. The van der Waals surface area contributed by atoms with E-state index in [9.17, 15) is 19.7 Å². The minimum absolute atomic E-state index is 0.0646. The topological polar surface area (TPSA) is 116 Å². The van der Waals surface area contributed by atoms with Crippen molar-refractivity contribution in [2.75, 3.05) is 25.4 Å². The van der Waals surface area contributed by atoms with Crippen LogP contribution in [0, 0.1) is 16.0 Å². The van der Waals surface area contributed by atoms with E-state index in [2.05, 4.69) is 12.1 Å². The lowest BCUT2D eigenvalue weighted by Gasteiger charge is -2.32. The number of hydrogen-bond donors (Lipinski definition) is 1. The molecule has 1 amide bonds. The molecule has 0 aromatic heterocycles. The lowest BCUT2D eigenvalue weighted by molar-refractivity contribution is -0.384. The summed E-state index contributed by atoms with van der Waals surface area (Å²) in [4.78, 5) is 36.5. The van der Waals surface area contributed by atoms with Crippen molar-refractivity contribution in [2.45, 2.75) is 19.3 Å². The molecule has 3 rings (SSSR count). The van der Waals surface area contributed by atoms with Gasteiger partial charge in [-0.05, 0) is 36.8 Å². The highest BCUT2D eigenvalue weighted by Crippen LogP contribution is 2.23. The molecule has 29 heavy (non-hydrogen) atoms. The van der Waals surface area contributed by atoms with Crippen LogP contribution < -0.4 is 5.73 Å². The van der Waals surface area contributed by atoms with Gasteiger partial charge in [0.15, 0.2) is 6.61 Å². The van der Waals surface area contributed by atoms with Crippen molar-refractivity contribution >= 4 is 23.3 Å². The van der Waals surface area contributed by atoms with Gasteiger partial charge in [0.1, 0.15) is 0 Å². The minimum atomic E-state index is -0.849. The number of nitrogens with zero attached hydrogens (tertiary/aromatic N) is 2. The molecule has 1 aliphatic heterocycles. The van der Waals surface area contributed by atoms with E-state index in [1.807, 2.05) is 18.2 Å². The number of rotatable bonds is 6. The van der Waals surface area contributed by atoms with Gasteiger partial charge in [0.25, 0.3) is 11.6 Å². The maximum Gasteiger partial charge on any atom is 0.341 e. The number of carbonyl (C=O) groups excluding carboxylic acids is 2. The second kappa shape index (κ2) is 9.18. The van der Waals surface area contributed by atoms with E-state index in [0.29, 0.717) is 19.0 Å². The highest BCUT2D eigenvalue weighted by atomic mass is 16.6. The van der Waals surface area contributed by atoms with Gasteiger partial charge in [-0.25, -0.2) is 4.79 Å². The Labute approximate surface area is 168 Å². The fourth-order valence-electron chi connectivity index (χ4n) is 3.46. The Morgan fingerprint density at radius 3 is 2.48 bits per heavy atom. The molecule has 0 atom stereocenters. The van der Waals surface area contributed by atoms with Gasteiger partial charge >= 0.3 is 5.97 Å². The van der Waals surface area contributed by atoms with Gasteiger partial charge in [0, 0.05) is 30.9 Å². The van der Waals surface area contributed by atoms with E-state index in [1.54, 1.807) is 4.90 Å². The van der Waals surface area contributed by atoms with Crippen molar-refractivity contribution in [3.63, 3.8) is 0 Å². The summed E-state index contributed by atoms with van der Waals surface area (Å²) in [6, 6.07) is 13.8. The van der Waals surface area contributed by atoms with Gasteiger partial charge in [0.05, 0.1) is 10.5 Å². The van der Waals surface area contributed by atoms with Crippen LogP contribution in [0.25, 0.3) is 0 Å². The molecule has 1 heterocycles. The van der Waals surface area contributed by atoms with Crippen LogP contribution in [0.1, 0.15) is 28.8 Å². The molecular formula is C21H23N3O5. The highest BCUT2D eigenvalue weighted by molar-refractivity contribution is 5.97. The van der Waals surface area contributed by atoms with Gasteiger partial charge in [0.2, 0.25) is 0 Å². The Balaban J connectivity index is 1.48. The molecule has 2 N–H and O–H groups in total. The third kappa shape index (κ3) is 5.31. The van der Waals surface area contributed by atoms with E-state index >= 15 is 0 Å². The van der Waals surface area contributed by atoms with Crippen LogP contribution in [-0.4, -0.2) is 41.4 Å². The number of nitrogen functional groups attached to an aromatic ring is 1. The lowest BCUT2D eigenvalue weighted by Crippen LogP contribution is -2.41. The summed E-state index contributed by atoms with van der Waals surface area (Å²) >= 11 is 0. The van der Waals surface area contributed by atoms with Crippen LogP contribution in [0.15, 0.2) is 48.5 Å². The van der Waals surface area contributed by atoms with Crippen LogP contribution in [0.2, 0.25) is 0 Å². The SMILES string of the molecule is Nc1ccc([N+](=O)[O-])cc1C(=O)OCC(=O)N1CCC(Cc2ccccc2)CC1. The number of non-ortho nitro benzene ring substituents is 1. The quantitative estimate of drug-likeness (QED) is 0.347. The Kier molecular flexibility index (Phi) is 6.43. The average Bonchev–Trinajstić information content (AvgIpc) is 2.73.